The molecule has 0 bridgehead atoms. The molecule has 86 valence electrons. The van der Waals surface area contributed by atoms with Gasteiger partial charge in [-0.2, -0.15) is 0 Å². The van der Waals surface area contributed by atoms with E-state index in [9.17, 15) is 4.79 Å². The quantitative estimate of drug-likeness (QED) is 0.815. The van der Waals surface area contributed by atoms with Crippen LogP contribution in [0.3, 0.4) is 0 Å². The SMILES string of the molecule is O=C1Nc2ccccc2C(c2ccc(Cl)o2)N1. The zero-order valence-electron chi connectivity index (χ0n) is 8.74. The zero-order chi connectivity index (χ0) is 11.8. The Balaban J connectivity index is 2.09. The number of fused-ring (bicyclic) bond motifs is 1. The molecule has 1 unspecified atom stereocenters. The minimum absolute atomic E-state index is 0.249. The van der Waals surface area contributed by atoms with E-state index in [-0.39, 0.29) is 12.1 Å². The van der Waals surface area contributed by atoms with Gasteiger partial charge in [0.15, 0.2) is 5.22 Å². The minimum atomic E-state index is -0.299. The number of carbonyl (C=O) groups is 1. The molecule has 2 amide bonds. The van der Waals surface area contributed by atoms with Crippen LogP contribution in [-0.4, -0.2) is 6.03 Å². The number of hydrogen-bond acceptors (Lipinski definition) is 2. The smallest absolute Gasteiger partial charge is 0.320 e. The van der Waals surface area contributed by atoms with Crippen LogP contribution in [0.25, 0.3) is 0 Å². The first-order valence-electron chi connectivity index (χ1n) is 5.16. The van der Waals surface area contributed by atoms with Crippen molar-refractivity contribution in [2.45, 2.75) is 6.04 Å². The molecule has 0 aliphatic carbocycles. The highest BCUT2D eigenvalue weighted by Crippen LogP contribution is 2.32. The van der Waals surface area contributed by atoms with Crippen LogP contribution in [-0.2, 0) is 0 Å². The van der Waals surface area contributed by atoms with Crippen molar-refractivity contribution in [2.75, 3.05) is 5.32 Å². The maximum atomic E-state index is 11.5. The second kappa shape index (κ2) is 3.82. The number of nitrogens with one attached hydrogen (secondary N) is 2. The molecule has 17 heavy (non-hydrogen) atoms. The maximum absolute atomic E-state index is 11.5. The lowest BCUT2D eigenvalue weighted by atomic mass is 10.0. The first kappa shape index (κ1) is 10.2. The van der Waals surface area contributed by atoms with E-state index in [2.05, 4.69) is 10.6 Å². The molecule has 1 atom stereocenters. The molecule has 5 heteroatoms. The topological polar surface area (TPSA) is 54.3 Å². The van der Waals surface area contributed by atoms with Gasteiger partial charge >= 0.3 is 6.03 Å². The fourth-order valence-electron chi connectivity index (χ4n) is 1.94. The summed E-state index contributed by atoms with van der Waals surface area (Å²) in [5.74, 6) is 0.623. The van der Waals surface area contributed by atoms with Gasteiger partial charge in [-0.15, -0.1) is 0 Å². The maximum Gasteiger partial charge on any atom is 0.320 e. The minimum Gasteiger partial charge on any atom is -0.447 e. The van der Waals surface area contributed by atoms with Gasteiger partial charge in [0.1, 0.15) is 11.8 Å². The van der Waals surface area contributed by atoms with Crippen LogP contribution in [0, 0.1) is 0 Å². The van der Waals surface area contributed by atoms with E-state index in [0.717, 1.165) is 11.3 Å². The summed E-state index contributed by atoms with van der Waals surface area (Å²) in [6, 6.07) is 10.4. The van der Waals surface area contributed by atoms with E-state index in [1.807, 2.05) is 24.3 Å². The molecule has 0 saturated carbocycles. The second-order valence-electron chi connectivity index (χ2n) is 3.76. The van der Waals surface area contributed by atoms with Gasteiger partial charge in [-0.3, -0.25) is 0 Å². The predicted molar refractivity (Wildman–Crippen MR) is 64.2 cm³/mol. The molecule has 2 aromatic rings. The lowest BCUT2D eigenvalue weighted by Crippen LogP contribution is -2.37. The van der Waals surface area contributed by atoms with Gasteiger partial charge in [0, 0.05) is 11.3 Å². The monoisotopic (exact) mass is 248 g/mol. The summed E-state index contributed by atoms with van der Waals surface area (Å²) < 4.78 is 5.35. The third-order valence-corrected chi connectivity index (χ3v) is 2.88. The van der Waals surface area contributed by atoms with E-state index in [1.165, 1.54) is 0 Å². The molecule has 0 saturated heterocycles. The van der Waals surface area contributed by atoms with Crippen LogP contribution in [0.1, 0.15) is 17.4 Å². The number of hydrogen-bond donors (Lipinski definition) is 2. The van der Waals surface area contributed by atoms with Gasteiger partial charge < -0.3 is 15.1 Å². The van der Waals surface area contributed by atoms with Crippen LogP contribution in [0.2, 0.25) is 5.22 Å². The van der Waals surface area contributed by atoms with Crippen molar-refractivity contribution in [3.05, 3.63) is 52.9 Å². The number of carbonyl (C=O) groups excluding carboxylic acids is 1. The Kier molecular flexibility index (Phi) is 2.30. The van der Waals surface area contributed by atoms with Crippen molar-refractivity contribution >= 4 is 23.3 Å². The number of urea groups is 1. The van der Waals surface area contributed by atoms with E-state index in [4.69, 9.17) is 16.0 Å². The second-order valence-corrected chi connectivity index (χ2v) is 4.13. The average molecular weight is 249 g/mol. The number of halogens is 1. The number of rotatable bonds is 1. The molecule has 0 radical (unpaired) electrons. The predicted octanol–water partition coefficient (Wildman–Crippen LogP) is 3.16. The summed E-state index contributed by atoms with van der Waals surface area (Å²) in [7, 11) is 0. The lowest BCUT2D eigenvalue weighted by Gasteiger charge is -2.25. The molecule has 1 aromatic heterocycles. The number of anilines is 1. The van der Waals surface area contributed by atoms with E-state index in [1.54, 1.807) is 12.1 Å². The van der Waals surface area contributed by atoms with Crippen LogP contribution in [0.15, 0.2) is 40.8 Å². The van der Waals surface area contributed by atoms with E-state index >= 15 is 0 Å². The van der Waals surface area contributed by atoms with Crippen molar-refractivity contribution in [1.29, 1.82) is 0 Å². The Hall–Kier alpha value is -1.94. The summed E-state index contributed by atoms with van der Waals surface area (Å²) in [4.78, 5) is 11.5. The molecule has 0 fully saturated rings. The van der Waals surface area contributed by atoms with Crippen molar-refractivity contribution in [1.82, 2.24) is 5.32 Å². The van der Waals surface area contributed by atoms with Crippen molar-refractivity contribution in [3.63, 3.8) is 0 Å². The Morgan fingerprint density at radius 3 is 2.76 bits per heavy atom. The Bertz CT molecular complexity index is 579. The zero-order valence-corrected chi connectivity index (χ0v) is 9.49. The Morgan fingerprint density at radius 2 is 2.00 bits per heavy atom. The molecule has 1 aromatic carbocycles. The van der Waals surface area contributed by atoms with E-state index < -0.39 is 0 Å². The first-order chi connectivity index (χ1) is 8.24. The number of benzene rings is 1. The Labute approximate surface area is 103 Å². The van der Waals surface area contributed by atoms with Gasteiger partial charge in [0.2, 0.25) is 0 Å². The van der Waals surface area contributed by atoms with Gasteiger partial charge in [-0.05, 0) is 29.8 Å². The fourth-order valence-corrected chi connectivity index (χ4v) is 2.09. The van der Waals surface area contributed by atoms with Gasteiger partial charge in [-0.1, -0.05) is 18.2 Å². The number of furan rings is 1. The van der Waals surface area contributed by atoms with Gasteiger partial charge in [0.05, 0.1) is 0 Å². The molecule has 2 N–H and O–H groups in total. The van der Waals surface area contributed by atoms with Gasteiger partial charge in [-0.25, -0.2) is 4.79 Å². The molecular weight excluding hydrogens is 240 g/mol. The fraction of sp³-hybridized carbons (Fsp3) is 0.0833. The molecule has 2 heterocycles. The van der Waals surface area contributed by atoms with Crippen molar-refractivity contribution in [2.24, 2.45) is 0 Å². The van der Waals surface area contributed by atoms with Crippen molar-refractivity contribution < 1.29 is 9.21 Å². The largest absolute Gasteiger partial charge is 0.447 e. The summed E-state index contributed by atoms with van der Waals surface area (Å²) in [5.41, 5.74) is 1.74. The van der Waals surface area contributed by atoms with Crippen LogP contribution in [0.4, 0.5) is 10.5 Å². The standard InChI is InChI=1S/C12H9ClN2O2/c13-10-6-5-9(17-10)11-7-3-1-2-4-8(7)14-12(16)15-11/h1-6,11H,(H2,14,15,16). The summed E-state index contributed by atoms with van der Waals surface area (Å²) in [6.07, 6.45) is 0. The highest BCUT2D eigenvalue weighted by molar-refractivity contribution is 6.28. The molecule has 3 rings (SSSR count). The summed E-state index contributed by atoms with van der Waals surface area (Å²) in [6.45, 7) is 0. The number of para-hydroxylation sites is 1. The molecule has 0 spiro atoms. The summed E-state index contributed by atoms with van der Waals surface area (Å²) in [5, 5.41) is 5.85. The third-order valence-electron chi connectivity index (χ3n) is 2.67. The highest BCUT2D eigenvalue weighted by atomic mass is 35.5. The molecule has 4 nitrogen and oxygen atoms in total. The first-order valence-corrected chi connectivity index (χ1v) is 5.53. The Morgan fingerprint density at radius 1 is 1.18 bits per heavy atom. The lowest BCUT2D eigenvalue weighted by molar-refractivity contribution is 0.247. The van der Waals surface area contributed by atoms with Crippen LogP contribution in [0.5, 0.6) is 0 Å². The summed E-state index contributed by atoms with van der Waals surface area (Å²) >= 11 is 5.75. The van der Waals surface area contributed by atoms with Gasteiger partial charge in [0.25, 0.3) is 0 Å². The highest BCUT2D eigenvalue weighted by Gasteiger charge is 2.27. The average Bonchev–Trinajstić information content (AvgIpc) is 2.74. The van der Waals surface area contributed by atoms with E-state index in [0.29, 0.717) is 11.0 Å². The number of amides is 2. The van der Waals surface area contributed by atoms with Crippen molar-refractivity contribution in [3.8, 4) is 0 Å². The normalized spacial score (nSPS) is 18.2. The molecule has 1 aliphatic rings. The van der Waals surface area contributed by atoms with Crippen LogP contribution < -0.4 is 10.6 Å². The third kappa shape index (κ3) is 1.76. The molecule has 1 aliphatic heterocycles. The van der Waals surface area contributed by atoms with Crippen LogP contribution >= 0.6 is 11.6 Å². The molecular formula is C12H9ClN2O2.